The van der Waals surface area contributed by atoms with Gasteiger partial charge in [0.05, 0.1) is 44.5 Å². The summed E-state index contributed by atoms with van der Waals surface area (Å²) in [6.45, 7) is 0. The molecule has 0 bridgehead atoms. The first-order valence-corrected chi connectivity index (χ1v) is 17.7. The molecule has 4 heteroatoms. The maximum atomic E-state index is 5.15. The van der Waals surface area contributed by atoms with Crippen LogP contribution < -0.4 is 0 Å². The molecular formula is C48H30N4. The Labute approximate surface area is 299 Å². The minimum atomic E-state index is 0.886. The maximum absolute atomic E-state index is 5.15. The Kier molecular flexibility index (Phi) is 6.22. The van der Waals surface area contributed by atoms with E-state index in [1.807, 2.05) is 30.3 Å². The van der Waals surface area contributed by atoms with E-state index in [-0.39, 0.29) is 0 Å². The molecule has 4 nitrogen and oxygen atoms in total. The summed E-state index contributed by atoms with van der Waals surface area (Å²) in [4.78, 5) is 10.3. The molecule has 0 saturated heterocycles. The number of para-hydroxylation sites is 5. The Hall–Kier alpha value is -7.04. The maximum Gasteiger partial charge on any atom is 0.0973 e. The van der Waals surface area contributed by atoms with Crippen LogP contribution in [-0.2, 0) is 0 Å². The Morgan fingerprint density at radius 3 is 1.48 bits per heavy atom. The zero-order chi connectivity index (χ0) is 34.2. The van der Waals surface area contributed by atoms with Gasteiger partial charge in [-0.2, -0.15) is 0 Å². The number of rotatable bonds is 4. The van der Waals surface area contributed by atoms with E-state index < -0.39 is 0 Å². The van der Waals surface area contributed by atoms with Crippen LogP contribution in [0, 0.1) is 0 Å². The summed E-state index contributed by atoms with van der Waals surface area (Å²) in [5.74, 6) is 0. The molecule has 0 radical (unpaired) electrons. The molecule has 11 rings (SSSR count). The Bertz CT molecular complexity index is 3170. The summed E-state index contributed by atoms with van der Waals surface area (Å²) in [7, 11) is 0. The van der Waals surface area contributed by atoms with Crippen molar-refractivity contribution in [3.8, 4) is 33.9 Å². The van der Waals surface area contributed by atoms with Gasteiger partial charge in [0.25, 0.3) is 0 Å². The van der Waals surface area contributed by atoms with Crippen molar-refractivity contribution >= 4 is 65.4 Å². The van der Waals surface area contributed by atoms with E-state index >= 15 is 0 Å². The summed E-state index contributed by atoms with van der Waals surface area (Å²) in [6, 6.07) is 64.8. The van der Waals surface area contributed by atoms with Crippen molar-refractivity contribution in [1.29, 1.82) is 0 Å². The van der Waals surface area contributed by atoms with Crippen molar-refractivity contribution in [2.75, 3.05) is 0 Å². The van der Waals surface area contributed by atoms with Gasteiger partial charge in [-0.25, -0.2) is 9.97 Å². The van der Waals surface area contributed by atoms with Gasteiger partial charge < -0.3 is 9.13 Å². The van der Waals surface area contributed by atoms with Crippen molar-refractivity contribution in [1.82, 2.24) is 19.1 Å². The molecule has 11 aromatic rings. The molecule has 0 amide bonds. The quantitative estimate of drug-likeness (QED) is 0.188. The molecule has 0 N–H and O–H groups in total. The average Bonchev–Trinajstić information content (AvgIpc) is 3.73. The second kappa shape index (κ2) is 11.2. The molecule has 0 spiro atoms. The van der Waals surface area contributed by atoms with E-state index in [0.29, 0.717) is 0 Å². The third-order valence-electron chi connectivity index (χ3n) is 10.5. The first kappa shape index (κ1) is 28.8. The van der Waals surface area contributed by atoms with Crippen LogP contribution in [0.3, 0.4) is 0 Å². The van der Waals surface area contributed by atoms with E-state index in [1.165, 1.54) is 49.0 Å². The number of hydrogen-bond donors (Lipinski definition) is 0. The lowest BCUT2D eigenvalue weighted by atomic mass is 10.00. The highest BCUT2D eigenvalue weighted by atomic mass is 15.0. The second-order valence-electron chi connectivity index (χ2n) is 13.4. The second-order valence-corrected chi connectivity index (χ2v) is 13.4. The third-order valence-corrected chi connectivity index (χ3v) is 10.5. The highest BCUT2D eigenvalue weighted by Gasteiger charge is 2.21. The summed E-state index contributed by atoms with van der Waals surface area (Å²) in [5, 5.41) is 7.39. The lowest BCUT2D eigenvalue weighted by Gasteiger charge is -2.13. The molecule has 0 unspecified atom stereocenters. The summed E-state index contributed by atoms with van der Waals surface area (Å²) in [6.07, 6.45) is 0. The van der Waals surface area contributed by atoms with Gasteiger partial charge in [-0.15, -0.1) is 0 Å². The van der Waals surface area contributed by atoms with E-state index in [0.717, 1.165) is 50.3 Å². The van der Waals surface area contributed by atoms with Crippen LogP contribution in [-0.4, -0.2) is 19.1 Å². The van der Waals surface area contributed by atoms with E-state index in [9.17, 15) is 0 Å². The lowest BCUT2D eigenvalue weighted by Crippen LogP contribution is -1.96. The van der Waals surface area contributed by atoms with Crippen LogP contribution in [0.2, 0.25) is 0 Å². The fourth-order valence-corrected chi connectivity index (χ4v) is 8.17. The van der Waals surface area contributed by atoms with Gasteiger partial charge in [-0.05, 0) is 77.5 Å². The Morgan fingerprint density at radius 2 is 0.827 bits per heavy atom. The summed E-state index contributed by atoms with van der Waals surface area (Å²) in [5.41, 5.74) is 12.8. The molecule has 0 fully saturated rings. The molecule has 0 aliphatic rings. The van der Waals surface area contributed by atoms with E-state index in [2.05, 4.69) is 161 Å². The van der Waals surface area contributed by atoms with Gasteiger partial charge in [-0.1, -0.05) is 115 Å². The predicted octanol–water partition coefficient (Wildman–Crippen LogP) is 12.3. The number of hydrogen-bond acceptors (Lipinski definition) is 2. The molecule has 3 heterocycles. The molecule has 0 aliphatic carbocycles. The van der Waals surface area contributed by atoms with Crippen LogP contribution in [0.1, 0.15) is 0 Å². The topological polar surface area (TPSA) is 35.6 Å². The summed E-state index contributed by atoms with van der Waals surface area (Å²) < 4.78 is 4.82. The van der Waals surface area contributed by atoms with Crippen LogP contribution >= 0.6 is 0 Å². The fraction of sp³-hybridized carbons (Fsp3) is 0. The van der Waals surface area contributed by atoms with Crippen LogP contribution in [0.4, 0.5) is 0 Å². The van der Waals surface area contributed by atoms with Gasteiger partial charge in [0.1, 0.15) is 0 Å². The van der Waals surface area contributed by atoms with E-state index in [1.54, 1.807) is 0 Å². The fourth-order valence-electron chi connectivity index (χ4n) is 8.17. The van der Waals surface area contributed by atoms with Crippen LogP contribution in [0.5, 0.6) is 0 Å². The van der Waals surface area contributed by atoms with E-state index in [4.69, 9.17) is 9.97 Å². The molecule has 3 aromatic heterocycles. The number of benzene rings is 8. The lowest BCUT2D eigenvalue weighted by molar-refractivity contribution is 1.17. The standard InChI is InChI=1S/C48H30N4/c1-3-13-31(14-4-1)47-48(50-40-20-10-9-19-39(40)49-47)34-24-23-33-30-36(26-25-32(33)29-34)52-42-22-12-8-18-38(42)46-44(52)28-27-43-45(46)37-17-7-11-21-41(37)51(43)35-15-5-2-6-16-35/h1-30H. The SMILES string of the molecule is c1ccc(-c2nc3ccccc3nc2-c2ccc3cc(-n4c5ccccc5c5c6c7ccccc7n(-c7ccccc7)c6ccc54)ccc3c2)cc1. The molecule has 8 aromatic carbocycles. The number of fused-ring (bicyclic) bond motifs is 9. The minimum absolute atomic E-state index is 0.886. The third kappa shape index (κ3) is 4.28. The van der Waals surface area contributed by atoms with Gasteiger partial charge in [0, 0.05) is 44.0 Å². The zero-order valence-electron chi connectivity index (χ0n) is 28.1. The van der Waals surface area contributed by atoms with Crippen molar-refractivity contribution < 1.29 is 0 Å². The van der Waals surface area contributed by atoms with Gasteiger partial charge in [0.2, 0.25) is 0 Å². The van der Waals surface area contributed by atoms with Gasteiger partial charge in [-0.3, -0.25) is 0 Å². The van der Waals surface area contributed by atoms with Crippen molar-refractivity contribution in [3.63, 3.8) is 0 Å². The average molecular weight is 663 g/mol. The number of aromatic nitrogens is 4. The van der Waals surface area contributed by atoms with Crippen LogP contribution in [0.25, 0.3) is 99.3 Å². The first-order chi connectivity index (χ1) is 25.8. The van der Waals surface area contributed by atoms with Crippen molar-refractivity contribution in [2.24, 2.45) is 0 Å². The largest absolute Gasteiger partial charge is 0.309 e. The molecular weight excluding hydrogens is 633 g/mol. The smallest absolute Gasteiger partial charge is 0.0973 e. The Morgan fingerprint density at radius 1 is 0.327 bits per heavy atom. The molecule has 52 heavy (non-hydrogen) atoms. The minimum Gasteiger partial charge on any atom is -0.309 e. The highest BCUT2D eigenvalue weighted by molar-refractivity contribution is 6.29. The first-order valence-electron chi connectivity index (χ1n) is 17.7. The highest BCUT2D eigenvalue weighted by Crippen LogP contribution is 2.42. The summed E-state index contributed by atoms with van der Waals surface area (Å²) >= 11 is 0. The van der Waals surface area contributed by atoms with Crippen LogP contribution in [0.15, 0.2) is 182 Å². The zero-order valence-corrected chi connectivity index (χ0v) is 28.1. The molecule has 0 aliphatic heterocycles. The monoisotopic (exact) mass is 662 g/mol. The predicted molar refractivity (Wildman–Crippen MR) is 217 cm³/mol. The van der Waals surface area contributed by atoms with Crippen molar-refractivity contribution in [2.45, 2.75) is 0 Å². The van der Waals surface area contributed by atoms with Gasteiger partial charge >= 0.3 is 0 Å². The van der Waals surface area contributed by atoms with Gasteiger partial charge in [0.15, 0.2) is 0 Å². The molecule has 0 atom stereocenters. The normalized spacial score (nSPS) is 11.8. The molecule has 0 saturated carbocycles. The number of nitrogens with zero attached hydrogens (tertiary/aromatic N) is 4. The van der Waals surface area contributed by atoms with Crippen molar-refractivity contribution in [3.05, 3.63) is 182 Å². The molecule has 242 valence electrons. The Balaban J connectivity index is 1.11.